The minimum atomic E-state index is -0.103. The van der Waals surface area contributed by atoms with Crippen LogP contribution >= 0.6 is 0 Å². The van der Waals surface area contributed by atoms with Crippen molar-refractivity contribution in [2.24, 2.45) is 4.99 Å². The molecule has 1 fully saturated rings. The van der Waals surface area contributed by atoms with E-state index in [4.69, 9.17) is 4.99 Å². The highest BCUT2D eigenvalue weighted by Gasteiger charge is 2.24. The van der Waals surface area contributed by atoms with Gasteiger partial charge in [0.15, 0.2) is 6.17 Å². The summed E-state index contributed by atoms with van der Waals surface area (Å²) in [6, 6.07) is 34.1. The Bertz CT molecular complexity index is 1830. The molecule has 0 aliphatic carbocycles. The monoisotopic (exact) mass is 527 g/mol. The average Bonchev–Trinajstić information content (AvgIpc) is 3.33. The molecule has 0 amide bonds. The van der Waals surface area contributed by atoms with Crippen molar-refractivity contribution in [3.63, 3.8) is 0 Å². The average molecular weight is 528 g/mol. The van der Waals surface area contributed by atoms with Gasteiger partial charge in [0, 0.05) is 42.8 Å². The highest BCUT2D eigenvalue weighted by Crippen LogP contribution is 2.31. The minimum Gasteiger partial charge on any atom is -0.321 e. The quantitative estimate of drug-likeness (QED) is 0.348. The van der Waals surface area contributed by atoms with Gasteiger partial charge in [0.25, 0.3) is 0 Å². The van der Waals surface area contributed by atoms with Crippen molar-refractivity contribution in [1.29, 1.82) is 0 Å². The van der Waals surface area contributed by atoms with Crippen molar-refractivity contribution < 1.29 is 0 Å². The second-order valence-corrected chi connectivity index (χ2v) is 11.0. The molecule has 0 spiro atoms. The van der Waals surface area contributed by atoms with E-state index in [0.717, 1.165) is 59.8 Å². The van der Waals surface area contributed by atoms with E-state index >= 15 is 0 Å². The summed E-state index contributed by atoms with van der Waals surface area (Å²) in [7, 11) is 0. The lowest BCUT2D eigenvalue weighted by Crippen LogP contribution is -2.38. The van der Waals surface area contributed by atoms with Gasteiger partial charge in [-0.1, -0.05) is 66.2 Å². The van der Waals surface area contributed by atoms with Gasteiger partial charge in [0.1, 0.15) is 0 Å². The second kappa shape index (κ2) is 10.3. The molecular weight excluding hydrogens is 494 g/mol. The molecule has 2 aliphatic rings. The van der Waals surface area contributed by atoms with Crippen molar-refractivity contribution in [3.8, 4) is 0 Å². The summed E-state index contributed by atoms with van der Waals surface area (Å²) in [5, 5.41) is 2.18. The molecule has 0 radical (unpaired) electrons. The number of nitrogens with one attached hydrogen (secondary N) is 1. The number of hydrogen-bond acceptors (Lipinski definition) is 4. The minimum absolute atomic E-state index is 0.00285. The number of fused-ring (bicyclic) bond motifs is 2. The van der Waals surface area contributed by atoms with Crippen molar-refractivity contribution in [1.82, 2.24) is 14.5 Å². The first-order valence-electron chi connectivity index (χ1n) is 14.1. The fourth-order valence-corrected chi connectivity index (χ4v) is 6.19. The van der Waals surface area contributed by atoms with E-state index in [0.29, 0.717) is 0 Å². The number of para-hydroxylation sites is 2. The molecule has 200 valence electrons. The van der Waals surface area contributed by atoms with Crippen LogP contribution < -0.4 is 21.2 Å². The Balaban J connectivity index is 1.08. The van der Waals surface area contributed by atoms with Crippen LogP contribution in [0.15, 0.2) is 107 Å². The van der Waals surface area contributed by atoms with Crippen molar-refractivity contribution >= 4 is 22.9 Å². The summed E-state index contributed by atoms with van der Waals surface area (Å²) < 4.78 is 1.96. The first-order chi connectivity index (χ1) is 19.6. The number of nitrogens with zero attached hydrogens (tertiary/aromatic N) is 4. The Kier molecular flexibility index (Phi) is 6.33. The van der Waals surface area contributed by atoms with E-state index in [9.17, 15) is 4.79 Å². The van der Waals surface area contributed by atoms with Crippen LogP contribution in [0.3, 0.4) is 0 Å². The number of imidazole rings is 1. The highest BCUT2D eigenvalue weighted by molar-refractivity contribution is 5.75. The summed E-state index contributed by atoms with van der Waals surface area (Å²) in [4.78, 5) is 25.6. The van der Waals surface area contributed by atoms with Crippen molar-refractivity contribution in [3.05, 3.63) is 135 Å². The molecule has 1 unspecified atom stereocenters. The van der Waals surface area contributed by atoms with Gasteiger partial charge in [-0.25, -0.2) is 4.79 Å². The molecule has 1 saturated heterocycles. The van der Waals surface area contributed by atoms with Gasteiger partial charge in [-0.3, -0.25) is 14.5 Å². The first kappa shape index (κ1) is 24.6. The summed E-state index contributed by atoms with van der Waals surface area (Å²) in [6.07, 6.45) is 4.08. The maximum absolute atomic E-state index is 12.7. The van der Waals surface area contributed by atoms with Crippen LogP contribution in [0.1, 0.15) is 41.7 Å². The van der Waals surface area contributed by atoms with E-state index in [1.165, 1.54) is 16.7 Å². The molecule has 4 aromatic carbocycles. The number of H-pyrrole nitrogens is 1. The molecule has 6 nitrogen and oxygen atoms in total. The lowest BCUT2D eigenvalue weighted by molar-refractivity contribution is 0.180. The van der Waals surface area contributed by atoms with Crippen LogP contribution in [-0.2, 0) is 6.54 Å². The zero-order valence-corrected chi connectivity index (χ0v) is 22.7. The topological polar surface area (TPSA) is 56.6 Å². The van der Waals surface area contributed by atoms with Gasteiger partial charge >= 0.3 is 5.69 Å². The molecule has 40 heavy (non-hydrogen) atoms. The number of aromatic nitrogens is 2. The lowest BCUT2D eigenvalue weighted by Gasteiger charge is -2.33. The van der Waals surface area contributed by atoms with Crippen LogP contribution in [0.5, 0.6) is 0 Å². The van der Waals surface area contributed by atoms with Crippen LogP contribution in [0.4, 0.5) is 5.69 Å². The molecule has 3 heterocycles. The summed E-state index contributed by atoms with van der Waals surface area (Å²) in [6.45, 7) is 4.98. The molecule has 5 aromatic rings. The molecule has 0 saturated carbocycles. The molecule has 1 atom stereocenters. The van der Waals surface area contributed by atoms with Crippen LogP contribution in [0.25, 0.3) is 17.2 Å². The third kappa shape index (κ3) is 4.65. The Morgan fingerprint density at radius 2 is 1.62 bits per heavy atom. The number of likely N-dealkylation sites (tertiary alicyclic amines) is 1. The van der Waals surface area contributed by atoms with E-state index < -0.39 is 0 Å². The van der Waals surface area contributed by atoms with Crippen LogP contribution in [0, 0.1) is 6.92 Å². The number of benzene rings is 4. The summed E-state index contributed by atoms with van der Waals surface area (Å²) in [5.74, 6) is 0. The smallest absolute Gasteiger partial charge is 0.321 e. The number of rotatable bonds is 5. The third-order valence-electron chi connectivity index (χ3n) is 8.27. The maximum Gasteiger partial charge on any atom is 0.326 e. The lowest BCUT2D eigenvalue weighted by atomic mass is 10.0. The van der Waals surface area contributed by atoms with Crippen molar-refractivity contribution in [2.75, 3.05) is 18.0 Å². The number of anilines is 1. The molecule has 6 heteroatoms. The SMILES string of the molecule is Cc1ccc2c(c1)=CN(c1ccc(CN3CCC(n4c(=O)[nH]c5ccccc54)CC3)cc1)C(c1ccccc1)N=2. The zero-order chi connectivity index (χ0) is 27.1. The Morgan fingerprint density at radius 3 is 2.42 bits per heavy atom. The van der Waals surface area contributed by atoms with Crippen LogP contribution in [-0.4, -0.2) is 27.5 Å². The van der Waals surface area contributed by atoms with Gasteiger partial charge in [-0.2, -0.15) is 0 Å². The Labute approximate surface area is 233 Å². The largest absolute Gasteiger partial charge is 0.326 e. The molecule has 2 aliphatic heterocycles. The standard InChI is InChI=1S/C34H33N5O/c1-24-11-16-30-27(21-24)23-38(33(35-30)26-7-3-2-4-8-26)28-14-12-25(13-15-28)22-37-19-17-29(18-20-37)39-32-10-6-5-9-31(32)36-34(39)40/h2-16,21,23,29,33H,17-20,22H2,1H3,(H,36,40). The number of hydrogen-bond donors (Lipinski definition) is 1. The Morgan fingerprint density at radius 1 is 0.875 bits per heavy atom. The van der Waals surface area contributed by atoms with E-state index in [1.54, 1.807) is 0 Å². The van der Waals surface area contributed by atoms with Gasteiger partial charge in [0.05, 0.1) is 16.4 Å². The number of piperidine rings is 1. The fourth-order valence-electron chi connectivity index (χ4n) is 6.19. The first-order valence-corrected chi connectivity index (χ1v) is 14.1. The molecule has 7 rings (SSSR count). The predicted octanol–water partition coefficient (Wildman–Crippen LogP) is 5.05. The van der Waals surface area contributed by atoms with E-state index in [2.05, 4.69) is 94.6 Å². The normalized spacial score (nSPS) is 17.8. The predicted molar refractivity (Wildman–Crippen MR) is 161 cm³/mol. The summed E-state index contributed by atoms with van der Waals surface area (Å²) >= 11 is 0. The highest BCUT2D eigenvalue weighted by atomic mass is 16.1. The Hall–Kier alpha value is -4.42. The molecular formula is C34H33N5O. The van der Waals surface area contributed by atoms with Crippen LogP contribution in [0.2, 0.25) is 0 Å². The number of aryl methyl sites for hydroxylation is 1. The van der Waals surface area contributed by atoms with Gasteiger partial charge in [-0.05, 0) is 67.3 Å². The summed E-state index contributed by atoms with van der Waals surface area (Å²) in [5.41, 5.74) is 6.77. The van der Waals surface area contributed by atoms with Gasteiger partial charge < -0.3 is 9.88 Å². The van der Waals surface area contributed by atoms with Gasteiger partial charge in [-0.15, -0.1) is 0 Å². The maximum atomic E-state index is 12.7. The second-order valence-electron chi connectivity index (χ2n) is 11.0. The molecule has 0 bridgehead atoms. The van der Waals surface area contributed by atoms with E-state index in [1.807, 2.05) is 34.9 Å². The fraction of sp³-hybridized carbons (Fsp3) is 0.235. The zero-order valence-electron chi connectivity index (χ0n) is 22.7. The molecule has 1 aromatic heterocycles. The van der Waals surface area contributed by atoms with E-state index in [-0.39, 0.29) is 17.9 Å². The number of aromatic amines is 1. The molecule has 1 N–H and O–H groups in total. The van der Waals surface area contributed by atoms with Gasteiger partial charge in [0.2, 0.25) is 0 Å². The van der Waals surface area contributed by atoms with Crippen molar-refractivity contribution in [2.45, 2.75) is 38.5 Å². The third-order valence-corrected chi connectivity index (χ3v) is 8.27.